The van der Waals surface area contributed by atoms with Gasteiger partial charge in [-0.05, 0) is 42.3 Å². The zero-order valence-electron chi connectivity index (χ0n) is 15.5. The zero-order chi connectivity index (χ0) is 19.5. The molecule has 3 aromatic rings. The number of amides is 1. The van der Waals surface area contributed by atoms with Gasteiger partial charge in [0.2, 0.25) is 0 Å². The van der Waals surface area contributed by atoms with E-state index < -0.39 is 0 Å². The summed E-state index contributed by atoms with van der Waals surface area (Å²) in [5.74, 6) is 1.46. The van der Waals surface area contributed by atoms with E-state index in [0.29, 0.717) is 16.3 Å². The van der Waals surface area contributed by atoms with Crippen LogP contribution >= 0.6 is 11.6 Å². The molecule has 144 valence electrons. The van der Waals surface area contributed by atoms with Crippen molar-refractivity contribution in [3.63, 3.8) is 0 Å². The van der Waals surface area contributed by atoms with Crippen molar-refractivity contribution in [1.82, 2.24) is 15.5 Å². The van der Waals surface area contributed by atoms with E-state index in [0.717, 1.165) is 36.6 Å². The molecule has 1 atom stereocenters. The van der Waals surface area contributed by atoms with Crippen molar-refractivity contribution in [3.8, 4) is 17.0 Å². The molecular formula is C21H21ClN4O2. The highest BCUT2D eigenvalue weighted by atomic mass is 35.5. The Morgan fingerprint density at radius 3 is 2.86 bits per heavy atom. The number of hydrogen-bond acceptors (Lipinski definition) is 4. The van der Waals surface area contributed by atoms with E-state index in [1.54, 1.807) is 19.2 Å². The van der Waals surface area contributed by atoms with E-state index in [9.17, 15) is 4.79 Å². The van der Waals surface area contributed by atoms with Gasteiger partial charge in [-0.25, -0.2) is 0 Å². The Labute approximate surface area is 168 Å². The van der Waals surface area contributed by atoms with Gasteiger partial charge in [0.25, 0.3) is 5.91 Å². The second kappa shape index (κ2) is 7.94. The first-order chi connectivity index (χ1) is 13.6. The molecule has 0 unspecified atom stereocenters. The van der Waals surface area contributed by atoms with Crippen LogP contribution in [0, 0.1) is 0 Å². The molecule has 1 aromatic heterocycles. The Bertz CT molecular complexity index is 971. The molecule has 2 N–H and O–H groups in total. The van der Waals surface area contributed by atoms with Crippen molar-refractivity contribution in [3.05, 3.63) is 65.2 Å². The summed E-state index contributed by atoms with van der Waals surface area (Å²) in [5, 5.41) is 11.3. The van der Waals surface area contributed by atoms with Gasteiger partial charge in [-0.3, -0.25) is 9.89 Å². The number of rotatable bonds is 5. The predicted molar refractivity (Wildman–Crippen MR) is 110 cm³/mol. The summed E-state index contributed by atoms with van der Waals surface area (Å²) in [4.78, 5) is 14.7. The molecule has 2 heterocycles. The largest absolute Gasteiger partial charge is 0.497 e. The minimum Gasteiger partial charge on any atom is -0.497 e. The number of H-pyrrole nitrogens is 1. The average Bonchev–Trinajstić information content (AvgIpc) is 3.38. The maximum Gasteiger partial charge on any atom is 0.251 e. The van der Waals surface area contributed by atoms with Crippen LogP contribution in [0.15, 0.2) is 54.6 Å². The highest BCUT2D eigenvalue weighted by Crippen LogP contribution is 2.25. The number of aromatic nitrogens is 2. The molecule has 2 aromatic carbocycles. The number of nitrogens with zero attached hydrogens (tertiary/aromatic N) is 2. The fourth-order valence-electron chi connectivity index (χ4n) is 3.37. The number of benzene rings is 2. The van der Waals surface area contributed by atoms with Crippen molar-refractivity contribution < 1.29 is 9.53 Å². The normalized spacial score (nSPS) is 16.2. The molecule has 1 amide bonds. The first-order valence-corrected chi connectivity index (χ1v) is 9.51. The highest BCUT2D eigenvalue weighted by molar-refractivity contribution is 6.30. The van der Waals surface area contributed by atoms with Crippen molar-refractivity contribution in [2.24, 2.45) is 0 Å². The predicted octanol–water partition coefficient (Wildman–Crippen LogP) is 3.75. The summed E-state index contributed by atoms with van der Waals surface area (Å²) >= 11 is 5.95. The Morgan fingerprint density at radius 2 is 2.07 bits per heavy atom. The van der Waals surface area contributed by atoms with Gasteiger partial charge in [-0.2, -0.15) is 5.10 Å². The third kappa shape index (κ3) is 3.97. The van der Waals surface area contributed by atoms with Crippen LogP contribution in [0.5, 0.6) is 5.75 Å². The molecule has 1 aliphatic rings. The molecule has 0 bridgehead atoms. The van der Waals surface area contributed by atoms with Gasteiger partial charge in [0.05, 0.1) is 12.8 Å². The van der Waals surface area contributed by atoms with Crippen LogP contribution in [0.3, 0.4) is 0 Å². The Kier molecular flexibility index (Phi) is 5.21. The highest BCUT2D eigenvalue weighted by Gasteiger charge is 2.26. The second-order valence-corrected chi connectivity index (χ2v) is 7.22. The van der Waals surface area contributed by atoms with Crippen LogP contribution < -0.4 is 15.0 Å². The summed E-state index contributed by atoms with van der Waals surface area (Å²) in [6, 6.07) is 16.9. The van der Waals surface area contributed by atoms with Crippen molar-refractivity contribution in [2.45, 2.75) is 12.5 Å². The van der Waals surface area contributed by atoms with E-state index in [2.05, 4.69) is 20.4 Å². The Balaban J connectivity index is 1.39. The summed E-state index contributed by atoms with van der Waals surface area (Å²) in [6.45, 7) is 1.56. The van der Waals surface area contributed by atoms with Crippen molar-refractivity contribution in [2.75, 3.05) is 25.1 Å². The SMILES string of the molecule is COc1cccc(C(=O)N[C@@H]2CCN(c3cc(-c4ccc(Cl)cc4)[nH]n3)C2)c1. The maximum atomic E-state index is 12.5. The van der Waals surface area contributed by atoms with E-state index in [1.807, 2.05) is 42.5 Å². The molecule has 0 radical (unpaired) electrons. The number of hydrogen-bond donors (Lipinski definition) is 2. The lowest BCUT2D eigenvalue weighted by atomic mass is 10.1. The molecule has 0 aliphatic carbocycles. The number of anilines is 1. The van der Waals surface area contributed by atoms with Gasteiger partial charge in [-0.15, -0.1) is 0 Å². The fraction of sp³-hybridized carbons (Fsp3) is 0.238. The number of aromatic amines is 1. The van der Waals surface area contributed by atoms with Gasteiger partial charge in [0.15, 0.2) is 5.82 Å². The first kappa shape index (κ1) is 18.4. The summed E-state index contributed by atoms with van der Waals surface area (Å²) in [7, 11) is 1.59. The standard InChI is InChI=1S/C21H21ClN4O2/c1-28-18-4-2-3-15(11-18)21(27)23-17-9-10-26(13-17)20-12-19(24-25-20)14-5-7-16(22)8-6-14/h2-8,11-12,17H,9-10,13H2,1H3,(H,23,27)(H,24,25)/t17-/m1/s1. The number of methoxy groups -OCH3 is 1. The van der Waals surface area contributed by atoms with Crippen LogP contribution in [0.1, 0.15) is 16.8 Å². The number of halogens is 1. The van der Waals surface area contributed by atoms with Gasteiger partial charge in [0, 0.05) is 35.8 Å². The molecule has 1 saturated heterocycles. The molecule has 7 heteroatoms. The second-order valence-electron chi connectivity index (χ2n) is 6.78. The number of carbonyl (C=O) groups is 1. The molecule has 28 heavy (non-hydrogen) atoms. The molecule has 6 nitrogen and oxygen atoms in total. The minimum absolute atomic E-state index is 0.0781. The number of ether oxygens (including phenoxy) is 1. The molecule has 4 rings (SSSR count). The zero-order valence-corrected chi connectivity index (χ0v) is 16.2. The van der Waals surface area contributed by atoms with E-state index in [-0.39, 0.29) is 11.9 Å². The van der Waals surface area contributed by atoms with E-state index in [1.165, 1.54) is 0 Å². The number of nitrogens with one attached hydrogen (secondary N) is 2. The maximum absolute atomic E-state index is 12.5. The Hall–Kier alpha value is -2.99. The smallest absolute Gasteiger partial charge is 0.251 e. The third-order valence-electron chi connectivity index (χ3n) is 4.90. The molecule has 1 aliphatic heterocycles. The molecule has 1 fully saturated rings. The summed E-state index contributed by atoms with van der Waals surface area (Å²) < 4.78 is 5.19. The monoisotopic (exact) mass is 396 g/mol. The topological polar surface area (TPSA) is 70.2 Å². The molecule has 0 saturated carbocycles. The average molecular weight is 397 g/mol. The van der Waals surface area contributed by atoms with Crippen LogP contribution in [-0.2, 0) is 0 Å². The van der Waals surface area contributed by atoms with Gasteiger partial charge >= 0.3 is 0 Å². The first-order valence-electron chi connectivity index (χ1n) is 9.13. The Morgan fingerprint density at radius 1 is 1.25 bits per heavy atom. The van der Waals surface area contributed by atoms with Crippen LogP contribution in [-0.4, -0.2) is 42.3 Å². The van der Waals surface area contributed by atoms with E-state index in [4.69, 9.17) is 16.3 Å². The summed E-state index contributed by atoms with van der Waals surface area (Å²) in [5.41, 5.74) is 2.57. The van der Waals surface area contributed by atoms with Gasteiger partial charge < -0.3 is 15.0 Å². The van der Waals surface area contributed by atoms with Gasteiger partial charge in [0.1, 0.15) is 5.75 Å². The van der Waals surface area contributed by atoms with E-state index >= 15 is 0 Å². The van der Waals surface area contributed by atoms with Crippen molar-refractivity contribution >= 4 is 23.3 Å². The lowest BCUT2D eigenvalue weighted by molar-refractivity contribution is 0.0940. The lowest BCUT2D eigenvalue weighted by Crippen LogP contribution is -2.37. The number of carbonyl (C=O) groups excluding carboxylic acids is 1. The van der Waals surface area contributed by atoms with Crippen LogP contribution in [0.2, 0.25) is 5.02 Å². The summed E-state index contributed by atoms with van der Waals surface area (Å²) in [6.07, 6.45) is 0.874. The fourth-order valence-corrected chi connectivity index (χ4v) is 3.50. The third-order valence-corrected chi connectivity index (χ3v) is 5.15. The van der Waals surface area contributed by atoms with Crippen LogP contribution in [0.4, 0.5) is 5.82 Å². The minimum atomic E-state index is -0.0883. The molecular weight excluding hydrogens is 376 g/mol. The molecule has 0 spiro atoms. The van der Waals surface area contributed by atoms with Crippen LogP contribution in [0.25, 0.3) is 11.3 Å². The van der Waals surface area contributed by atoms with Gasteiger partial charge in [-0.1, -0.05) is 29.8 Å². The lowest BCUT2D eigenvalue weighted by Gasteiger charge is -2.16. The quantitative estimate of drug-likeness (QED) is 0.689. The van der Waals surface area contributed by atoms with Crippen molar-refractivity contribution in [1.29, 1.82) is 0 Å².